The molecule has 0 aliphatic rings. The van der Waals surface area contributed by atoms with E-state index in [9.17, 15) is 0 Å². The maximum Gasteiger partial charge on any atom is 0.0617 e. The van der Waals surface area contributed by atoms with Crippen molar-refractivity contribution >= 4 is 11.4 Å². The van der Waals surface area contributed by atoms with Gasteiger partial charge in [-0.1, -0.05) is 25.1 Å². The van der Waals surface area contributed by atoms with Crippen molar-refractivity contribution in [3.05, 3.63) is 54.4 Å². The van der Waals surface area contributed by atoms with Crippen LogP contribution in [0.5, 0.6) is 0 Å². The highest BCUT2D eigenvalue weighted by atomic mass is 15.1. The number of pyridine rings is 1. The third-order valence-corrected chi connectivity index (χ3v) is 3.25. The summed E-state index contributed by atoms with van der Waals surface area (Å²) in [7, 11) is 0. The highest BCUT2D eigenvalue weighted by Crippen LogP contribution is 2.17. The molecule has 1 heterocycles. The van der Waals surface area contributed by atoms with Crippen molar-refractivity contribution in [2.75, 3.05) is 23.3 Å². The van der Waals surface area contributed by atoms with Gasteiger partial charge in [0.05, 0.1) is 12.2 Å². The van der Waals surface area contributed by atoms with E-state index in [-0.39, 0.29) is 0 Å². The molecule has 3 nitrogen and oxygen atoms in total. The fourth-order valence-corrected chi connectivity index (χ4v) is 2.16. The Balaban J connectivity index is 2.07. The Bertz CT molecular complexity index is 511. The minimum atomic E-state index is 0.835. The Labute approximate surface area is 121 Å². The first-order valence-corrected chi connectivity index (χ1v) is 7.32. The molecule has 1 aromatic carbocycles. The molecule has 0 spiro atoms. The van der Waals surface area contributed by atoms with Crippen molar-refractivity contribution in [3.63, 3.8) is 0 Å². The van der Waals surface area contributed by atoms with E-state index < -0.39 is 0 Å². The fourth-order valence-electron chi connectivity index (χ4n) is 2.16. The normalized spacial score (nSPS) is 10.3. The number of hydrogen-bond donors (Lipinski definition) is 1. The van der Waals surface area contributed by atoms with Gasteiger partial charge in [0.2, 0.25) is 0 Å². The average Bonchev–Trinajstić information content (AvgIpc) is 2.52. The predicted molar refractivity (Wildman–Crippen MR) is 86.2 cm³/mol. The molecular formula is C17H23N3. The summed E-state index contributed by atoms with van der Waals surface area (Å²) in [4.78, 5) is 6.80. The number of nitrogens with one attached hydrogen (secondary N) is 1. The zero-order valence-electron chi connectivity index (χ0n) is 12.3. The van der Waals surface area contributed by atoms with Crippen LogP contribution in [0.15, 0.2) is 48.7 Å². The first-order valence-electron chi connectivity index (χ1n) is 7.32. The van der Waals surface area contributed by atoms with Gasteiger partial charge < -0.3 is 10.2 Å². The lowest BCUT2D eigenvalue weighted by Crippen LogP contribution is -2.22. The zero-order chi connectivity index (χ0) is 14.2. The van der Waals surface area contributed by atoms with Crippen LogP contribution in [0.25, 0.3) is 0 Å². The van der Waals surface area contributed by atoms with Gasteiger partial charge in [0.25, 0.3) is 0 Å². The highest BCUT2D eigenvalue weighted by molar-refractivity contribution is 5.48. The summed E-state index contributed by atoms with van der Waals surface area (Å²) in [6.45, 7) is 7.15. The maximum atomic E-state index is 4.48. The highest BCUT2D eigenvalue weighted by Gasteiger charge is 2.06. The van der Waals surface area contributed by atoms with E-state index in [2.05, 4.69) is 59.4 Å². The molecule has 0 aliphatic carbocycles. The molecule has 0 aliphatic heterocycles. The molecule has 2 rings (SSSR count). The topological polar surface area (TPSA) is 28.2 Å². The van der Waals surface area contributed by atoms with Crippen molar-refractivity contribution in [3.8, 4) is 0 Å². The summed E-state index contributed by atoms with van der Waals surface area (Å²) in [5.74, 6) is 0. The van der Waals surface area contributed by atoms with Gasteiger partial charge in [0.1, 0.15) is 0 Å². The second kappa shape index (κ2) is 7.53. The number of nitrogens with zero attached hydrogens (tertiary/aromatic N) is 2. The van der Waals surface area contributed by atoms with Gasteiger partial charge in [0, 0.05) is 30.7 Å². The van der Waals surface area contributed by atoms with E-state index in [1.807, 2.05) is 18.3 Å². The van der Waals surface area contributed by atoms with E-state index in [4.69, 9.17) is 0 Å². The van der Waals surface area contributed by atoms with Crippen LogP contribution < -0.4 is 10.2 Å². The van der Waals surface area contributed by atoms with Gasteiger partial charge in [-0.3, -0.25) is 4.98 Å². The lowest BCUT2D eigenvalue weighted by molar-refractivity contribution is 0.809. The number of hydrogen-bond acceptors (Lipinski definition) is 3. The summed E-state index contributed by atoms with van der Waals surface area (Å²) < 4.78 is 0. The van der Waals surface area contributed by atoms with Crippen molar-refractivity contribution in [2.24, 2.45) is 0 Å². The third-order valence-electron chi connectivity index (χ3n) is 3.25. The van der Waals surface area contributed by atoms with Crippen LogP contribution in [0.1, 0.15) is 26.0 Å². The zero-order valence-corrected chi connectivity index (χ0v) is 12.3. The molecule has 0 saturated heterocycles. The van der Waals surface area contributed by atoms with Gasteiger partial charge in [-0.05, 0) is 37.6 Å². The minimum absolute atomic E-state index is 0.835. The lowest BCUT2D eigenvalue weighted by Gasteiger charge is -2.22. The Morgan fingerprint density at radius 2 is 1.90 bits per heavy atom. The van der Waals surface area contributed by atoms with Crippen LogP contribution in [0, 0.1) is 0 Å². The van der Waals surface area contributed by atoms with Gasteiger partial charge in [0.15, 0.2) is 0 Å². The van der Waals surface area contributed by atoms with E-state index >= 15 is 0 Å². The van der Waals surface area contributed by atoms with Crippen molar-refractivity contribution in [1.82, 2.24) is 4.98 Å². The molecule has 0 radical (unpaired) electrons. The first kappa shape index (κ1) is 14.4. The summed E-state index contributed by atoms with van der Waals surface area (Å²) in [5.41, 5.74) is 3.49. The second-order valence-corrected chi connectivity index (χ2v) is 4.81. The molecule has 106 valence electrons. The molecule has 0 bridgehead atoms. The van der Waals surface area contributed by atoms with Crippen molar-refractivity contribution in [2.45, 2.75) is 26.8 Å². The second-order valence-electron chi connectivity index (χ2n) is 4.81. The van der Waals surface area contributed by atoms with Crippen LogP contribution in [0.3, 0.4) is 0 Å². The molecular weight excluding hydrogens is 246 g/mol. The number of benzene rings is 1. The van der Waals surface area contributed by atoms with Crippen LogP contribution in [0.2, 0.25) is 0 Å². The largest absolute Gasteiger partial charge is 0.385 e. The Morgan fingerprint density at radius 1 is 1.10 bits per heavy atom. The van der Waals surface area contributed by atoms with Gasteiger partial charge >= 0.3 is 0 Å². The quantitative estimate of drug-likeness (QED) is 0.825. The Kier molecular flexibility index (Phi) is 5.42. The van der Waals surface area contributed by atoms with Crippen molar-refractivity contribution in [1.29, 1.82) is 0 Å². The maximum absolute atomic E-state index is 4.48. The number of para-hydroxylation sites is 1. The summed E-state index contributed by atoms with van der Waals surface area (Å²) in [6, 6.07) is 14.6. The Morgan fingerprint density at radius 3 is 2.60 bits per heavy atom. The van der Waals surface area contributed by atoms with Crippen LogP contribution in [-0.2, 0) is 6.54 Å². The minimum Gasteiger partial charge on any atom is -0.385 e. The Hall–Kier alpha value is -2.03. The van der Waals surface area contributed by atoms with Gasteiger partial charge in [-0.2, -0.15) is 0 Å². The summed E-state index contributed by atoms with van der Waals surface area (Å²) in [6.07, 6.45) is 3.01. The van der Waals surface area contributed by atoms with Crippen molar-refractivity contribution < 1.29 is 0 Å². The first-order chi connectivity index (χ1) is 9.83. The molecule has 1 N–H and O–H groups in total. The van der Waals surface area contributed by atoms with Gasteiger partial charge in [-0.25, -0.2) is 0 Å². The monoisotopic (exact) mass is 269 g/mol. The smallest absolute Gasteiger partial charge is 0.0617 e. The molecule has 20 heavy (non-hydrogen) atoms. The number of anilines is 2. The molecule has 0 atom stereocenters. The summed E-state index contributed by atoms with van der Waals surface area (Å²) >= 11 is 0. The number of aromatic nitrogens is 1. The molecule has 2 aromatic rings. The standard InChI is InChI=1S/C17H23N3/c1-3-11-18-15-10-12-19-16(13-15)14-20(4-2)17-8-6-5-7-9-17/h5-10,12-13H,3-4,11,14H2,1-2H3,(H,18,19). The molecule has 0 saturated carbocycles. The molecule has 3 heteroatoms. The van der Waals surface area contributed by atoms with Crippen LogP contribution in [-0.4, -0.2) is 18.1 Å². The SMILES string of the molecule is CCCNc1ccnc(CN(CC)c2ccccc2)c1. The van der Waals surface area contributed by atoms with Crippen LogP contribution >= 0.6 is 0 Å². The van der Waals surface area contributed by atoms with E-state index in [1.165, 1.54) is 5.69 Å². The molecule has 0 unspecified atom stereocenters. The lowest BCUT2D eigenvalue weighted by atomic mass is 10.2. The average molecular weight is 269 g/mol. The fraction of sp³-hybridized carbons (Fsp3) is 0.353. The predicted octanol–water partition coefficient (Wildman–Crippen LogP) is 3.93. The van der Waals surface area contributed by atoms with Crippen LogP contribution in [0.4, 0.5) is 11.4 Å². The molecule has 1 aromatic heterocycles. The third kappa shape index (κ3) is 3.98. The molecule has 0 amide bonds. The summed E-state index contributed by atoms with van der Waals surface area (Å²) in [5, 5.41) is 3.41. The van der Waals surface area contributed by atoms with E-state index in [1.54, 1.807) is 0 Å². The number of rotatable bonds is 7. The van der Waals surface area contributed by atoms with Gasteiger partial charge in [-0.15, -0.1) is 0 Å². The van der Waals surface area contributed by atoms with E-state index in [0.717, 1.165) is 37.4 Å². The van der Waals surface area contributed by atoms with E-state index in [0.29, 0.717) is 0 Å². The molecule has 0 fully saturated rings.